The average Bonchev–Trinajstić information content (AvgIpc) is 1.65. The van der Waals surface area contributed by atoms with Crippen LogP contribution < -0.4 is 62.0 Å². The second kappa shape index (κ2) is 20.9. The maximum atomic E-state index is 7.71. The van der Waals surface area contributed by atoms with Crippen molar-refractivity contribution >= 4 is 138 Å². The second-order valence-electron chi connectivity index (χ2n) is 25.5. The summed E-state index contributed by atoms with van der Waals surface area (Å²) in [7, 11) is 2.29. The van der Waals surface area contributed by atoms with Crippen LogP contribution in [0.5, 0.6) is 11.5 Å². The van der Waals surface area contributed by atoms with Gasteiger partial charge in [-0.1, -0.05) is 218 Å². The zero-order valence-electron chi connectivity index (χ0n) is 51.9. The molecule has 6 nitrogen and oxygen atoms in total. The van der Waals surface area contributed by atoms with Crippen LogP contribution in [0.25, 0.3) is 11.1 Å². The Morgan fingerprint density at radius 1 is 0.305 bits per heavy atom. The Hall–Kier alpha value is -11.6. The monoisotopic (exact) mass is 1230 g/mol. The Bertz CT molecular complexity index is 5330. The molecule has 0 saturated carbocycles. The number of para-hydroxylation sites is 8. The number of fused-ring (bicyclic) bond motifs is 17. The Balaban J connectivity index is 0.836. The lowest BCUT2D eigenvalue weighted by molar-refractivity contribution is 0.485. The van der Waals surface area contributed by atoms with Crippen LogP contribution in [-0.2, 0) is 5.41 Å². The lowest BCUT2D eigenvalue weighted by Gasteiger charge is -2.46. The van der Waals surface area contributed by atoms with E-state index in [4.69, 9.17) is 4.74 Å². The van der Waals surface area contributed by atoms with Crippen molar-refractivity contribution in [1.82, 2.24) is 0 Å². The molecule has 95 heavy (non-hydrogen) atoms. The molecule has 20 rings (SSSR count). The van der Waals surface area contributed by atoms with Gasteiger partial charge in [-0.25, -0.2) is 0 Å². The Morgan fingerprint density at radius 3 is 1.22 bits per heavy atom. The standard InChI is InChI=1S/C86H57B2N5OS/c1-89-76-54-82-68(52-72(76)87-70-44-24-26-46-74(70)92(60-36-16-6-17-37-60)78-49-62(48-77(89)84(78)87)90(56-28-8-2-9-29-56)57-30-10-3-11-31-57)86(66-42-22-20-40-64(66)65-41-21-23-43-67(65)86)69-53-73-80(55-83(69)95-82)94-81-51-63(91(58-32-12-4-13-33-58)59-34-14-5-15-35-59)50-79-85(81)88(73)71-45-25-27-47-75(71)93(79)61-38-18-7-19-39-61/h2-55H,1H3. The van der Waals surface area contributed by atoms with Gasteiger partial charge in [-0.15, -0.1) is 0 Å². The lowest BCUT2D eigenvalue weighted by Crippen LogP contribution is -2.61. The van der Waals surface area contributed by atoms with Gasteiger partial charge in [0.2, 0.25) is 0 Å². The van der Waals surface area contributed by atoms with E-state index in [2.05, 4.69) is 359 Å². The molecule has 6 aliphatic rings. The fourth-order valence-corrected chi connectivity index (χ4v) is 18.1. The van der Waals surface area contributed by atoms with E-state index in [0.29, 0.717) is 0 Å². The third-order valence-corrected chi connectivity index (χ3v) is 21.8. The minimum Gasteiger partial charge on any atom is -0.458 e. The van der Waals surface area contributed by atoms with Crippen LogP contribution in [0.1, 0.15) is 22.3 Å². The number of hydrogen-bond acceptors (Lipinski definition) is 7. The number of benzene rings is 14. The van der Waals surface area contributed by atoms with Crippen molar-refractivity contribution in [2.24, 2.45) is 0 Å². The third kappa shape index (κ3) is 7.85. The SMILES string of the molecule is CN1c2cc3c(cc2B2c4ccccc4N(c4ccccc4)c4cc(N(c5ccccc5)c5ccccc5)cc1c42)C1(c2cc4c(cc2S3)Oc2cc(N(c3ccccc3)c3ccccc3)cc3c2B4c2ccccc2N3c2ccccc2)c2ccccc2-c2ccccc21. The molecule has 0 aromatic heterocycles. The van der Waals surface area contributed by atoms with Crippen LogP contribution in [0.2, 0.25) is 0 Å². The molecule has 9 heteroatoms. The highest BCUT2D eigenvalue weighted by molar-refractivity contribution is 7.99. The molecule has 0 N–H and O–H groups in total. The number of rotatable bonds is 8. The second-order valence-corrected chi connectivity index (χ2v) is 26.6. The van der Waals surface area contributed by atoms with E-state index in [0.717, 1.165) is 85.0 Å². The van der Waals surface area contributed by atoms with Gasteiger partial charge < -0.3 is 29.2 Å². The Morgan fingerprint density at radius 2 is 0.705 bits per heavy atom. The van der Waals surface area contributed by atoms with Crippen molar-refractivity contribution < 1.29 is 4.74 Å². The van der Waals surface area contributed by atoms with Crippen molar-refractivity contribution in [2.75, 3.05) is 31.5 Å². The van der Waals surface area contributed by atoms with E-state index in [1.165, 1.54) is 82.1 Å². The Kier molecular flexibility index (Phi) is 11.9. The molecule has 0 fully saturated rings. The van der Waals surface area contributed by atoms with E-state index in [9.17, 15) is 0 Å². The molecular formula is C86H57B2N5OS. The fraction of sp³-hybridized carbons (Fsp3) is 0.0233. The highest BCUT2D eigenvalue weighted by Gasteiger charge is 2.54. The molecule has 1 spiro atoms. The highest BCUT2D eigenvalue weighted by Crippen LogP contribution is 2.63. The summed E-state index contributed by atoms with van der Waals surface area (Å²) in [4.78, 5) is 14.6. The summed E-state index contributed by atoms with van der Waals surface area (Å²) in [6.45, 7) is -0.277. The lowest BCUT2D eigenvalue weighted by atomic mass is 9.33. The molecule has 5 heterocycles. The van der Waals surface area contributed by atoms with Crippen molar-refractivity contribution in [1.29, 1.82) is 0 Å². The average molecular weight is 1230 g/mol. The summed E-state index contributed by atoms with van der Waals surface area (Å²) in [5.41, 5.74) is 29.9. The summed E-state index contributed by atoms with van der Waals surface area (Å²) >= 11 is 1.89. The smallest absolute Gasteiger partial charge is 0.256 e. The van der Waals surface area contributed by atoms with Gasteiger partial charge in [0.15, 0.2) is 0 Å². The molecule has 1 aliphatic carbocycles. The van der Waals surface area contributed by atoms with E-state index in [-0.39, 0.29) is 13.4 Å². The predicted molar refractivity (Wildman–Crippen MR) is 397 cm³/mol. The van der Waals surface area contributed by atoms with Crippen molar-refractivity contribution in [2.45, 2.75) is 15.2 Å². The van der Waals surface area contributed by atoms with Gasteiger partial charge in [-0.05, 0) is 181 Å². The maximum absolute atomic E-state index is 7.71. The fourth-order valence-electron chi connectivity index (χ4n) is 16.9. The van der Waals surface area contributed by atoms with Crippen LogP contribution in [-0.4, -0.2) is 20.5 Å². The van der Waals surface area contributed by atoms with Crippen LogP contribution in [0.4, 0.5) is 79.6 Å². The van der Waals surface area contributed by atoms with Crippen LogP contribution >= 0.6 is 11.8 Å². The molecule has 5 aliphatic heterocycles. The van der Waals surface area contributed by atoms with Crippen LogP contribution in [0.3, 0.4) is 0 Å². The van der Waals surface area contributed by atoms with Gasteiger partial charge in [0.05, 0.1) is 16.8 Å². The normalized spacial score (nSPS) is 14.0. The van der Waals surface area contributed by atoms with E-state index >= 15 is 0 Å². The number of nitrogens with zero attached hydrogens (tertiary/aromatic N) is 5. The zero-order chi connectivity index (χ0) is 62.5. The van der Waals surface area contributed by atoms with Crippen LogP contribution in [0, 0.1) is 0 Å². The van der Waals surface area contributed by atoms with Gasteiger partial charge in [0, 0.05) is 91.2 Å². The first-order valence-electron chi connectivity index (χ1n) is 32.8. The molecule has 0 amide bonds. The predicted octanol–water partition coefficient (Wildman–Crippen LogP) is 18.2. The zero-order valence-corrected chi connectivity index (χ0v) is 52.7. The van der Waals surface area contributed by atoms with E-state index < -0.39 is 5.41 Å². The van der Waals surface area contributed by atoms with Gasteiger partial charge >= 0.3 is 0 Å². The molecule has 444 valence electrons. The molecule has 0 atom stereocenters. The molecular weight excluding hydrogens is 1170 g/mol. The van der Waals surface area contributed by atoms with Gasteiger partial charge in [0.1, 0.15) is 11.5 Å². The number of anilines is 14. The quantitative estimate of drug-likeness (QED) is 0.140. The summed E-state index contributed by atoms with van der Waals surface area (Å²) in [6, 6.07) is 121. The topological polar surface area (TPSA) is 25.4 Å². The minimum atomic E-state index is -0.724. The molecule has 0 bridgehead atoms. The third-order valence-electron chi connectivity index (χ3n) is 20.7. The summed E-state index contributed by atoms with van der Waals surface area (Å²) in [6.07, 6.45) is 0. The van der Waals surface area contributed by atoms with Crippen LogP contribution in [0.15, 0.2) is 337 Å². The first kappa shape index (κ1) is 54.0. The summed E-state index contributed by atoms with van der Waals surface area (Å²) < 4.78 is 7.71. The largest absolute Gasteiger partial charge is 0.458 e. The number of hydrogen-bond donors (Lipinski definition) is 0. The van der Waals surface area contributed by atoms with E-state index in [1.807, 2.05) is 11.8 Å². The van der Waals surface area contributed by atoms with Gasteiger partial charge in [-0.3, -0.25) is 0 Å². The minimum absolute atomic E-state index is 0.110. The number of ether oxygens (including phenoxy) is 1. The summed E-state index contributed by atoms with van der Waals surface area (Å²) in [5.74, 6) is 1.72. The molecule has 14 aromatic carbocycles. The van der Waals surface area contributed by atoms with E-state index in [1.54, 1.807) is 0 Å². The van der Waals surface area contributed by atoms with Gasteiger partial charge in [0.25, 0.3) is 13.4 Å². The Labute approximate surface area is 558 Å². The van der Waals surface area contributed by atoms with Crippen molar-refractivity contribution in [3.05, 3.63) is 350 Å². The molecule has 0 radical (unpaired) electrons. The molecule has 0 saturated heterocycles. The summed E-state index contributed by atoms with van der Waals surface area (Å²) in [5, 5.41) is 0. The first-order valence-corrected chi connectivity index (χ1v) is 33.6. The molecule has 0 unspecified atom stereocenters. The molecule has 14 aromatic rings. The first-order chi connectivity index (χ1) is 47.1. The highest BCUT2D eigenvalue weighted by atomic mass is 32.2. The van der Waals surface area contributed by atoms with Crippen molar-refractivity contribution in [3.63, 3.8) is 0 Å². The maximum Gasteiger partial charge on any atom is 0.256 e. The van der Waals surface area contributed by atoms with Gasteiger partial charge in [-0.2, -0.15) is 0 Å². The van der Waals surface area contributed by atoms with Crippen molar-refractivity contribution in [3.8, 4) is 22.6 Å².